The molecule has 0 fully saturated rings. The van der Waals surface area contributed by atoms with Gasteiger partial charge >= 0.3 is 0 Å². The van der Waals surface area contributed by atoms with Crippen molar-refractivity contribution in [2.24, 2.45) is 4.99 Å². The zero-order valence-electron chi connectivity index (χ0n) is 27.5. The molecule has 2 nitrogen and oxygen atoms in total. The number of aliphatic imine (C=N–C) groups is 1. The van der Waals surface area contributed by atoms with Crippen LogP contribution < -0.4 is 4.90 Å². The summed E-state index contributed by atoms with van der Waals surface area (Å²) in [4.78, 5) is 8.59. The second-order valence-corrected chi connectivity index (χ2v) is 13.9. The van der Waals surface area contributed by atoms with Crippen molar-refractivity contribution in [2.45, 2.75) is 30.6 Å². The van der Waals surface area contributed by atoms with Gasteiger partial charge in [0.25, 0.3) is 0 Å². The summed E-state index contributed by atoms with van der Waals surface area (Å²) in [6.07, 6.45) is 15.6. The molecular formula is C46H38N2S. The summed E-state index contributed by atoms with van der Waals surface area (Å²) in [6, 6.07) is 44.7. The molecule has 8 rings (SSSR count). The summed E-state index contributed by atoms with van der Waals surface area (Å²) in [5.41, 5.74) is 14.6. The van der Waals surface area contributed by atoms with E-state index in [9.17, 15) is 0 Å². The van der Waals surface area contributed by atoms with Gasteiger partial charge in [-0.05, 0) is 94.3 Å². The molecule has 2 heterocycles. The van der Waals surface area contributed by atoms with Crippen LogP contribution in [-0.4, -0.2) is 11.8 Å². The minimum absolute atomic E-state index is 0.291. The van der Waals surface area contributed by atoms with E-state index in [0.717, 1.165) is 24.2 Å². The fourth-order valence-corrected chi connectivity index (χ4v) is 8.41. The van der Waals surface area contributed by atoms with Gasteiger partial charge in [-0.2, -0.15) is 0 Å². The molecular weight excluding hydrogens is 613 g/mol. The van der Waals surface area contributed by atoms with Crippen molar-refractivity contribution in [2.75, 3.05) is 4.90 Å². The van der Waals surface area contributed by atoms with Crippen LogP contribution in [0.25, 0.3) is 32.7 Å². The Hall–Kier alpha value is -5.38. The minimum atomic E-state index is 0.291. The maximum absolute atomic E-state index is 4.69. The third kappa shape index (κ3) is 6.19. The van der Waals surface area contributed by atoms with E-state index >= 15 is 0 Å². The van der Waals surface area contributed by atoms with Crippen LogP contribution in [-0.2, 0) is 0 Å². The normalized spacial score (nSPS) is 18.0. The number of nitrogens with zero attached hydrogens (tertiary/aromatic N) is 2. The van der Waals surface area contributed by atoms with E-state index in [-0.39, 0.29) is 0 Å². The van der Waals surface area contributed by atoms with Gasteiger partial charge in [0.1, 0.15) is 0 Å². The molecule has 1 aliphatic carbocycles. The molecule has 0 aromatic heterocycles. The predicted molar refractivity (Wildman–Crippen MR) is 213 cm³/mol. The van der Waals surface area contributed by atoms with Crippen molar-refractivity contribution in [3.05, 3.63) is 188 Å². The van der Waals surface area contributed by atoms with Crippen LogP contribution >= 0.6 is 11.8 Å². The maximum Gasteiger partial charge on any atom is 0.0633 e. The number of anilines is 2. The molecule has 3 heteroatoms. The van der Waals surface area contributed by atoms with Gasteiger partial charge in [0, 0.05) is 39.2 Å². The Morgan fingerprint density at radius 2 is 1.43 bits per heavy atom. The number of fused-ring (bicyclic) bond motifs is 3. The summed E-state index contributed by atoms with van der Waals surface area (Å²) < 4.78 is 0. The molecule has 49 heavy (non-hydrogen) atoms. The van der Waals surface area contributed by atoms with Crippen molar-refractivity contribution in [1.29, 1.82) is 0 Å². The van der Waals surface area contributed by atoms with Crippen molar-refractivity contribution in [1.82, 2.24) is 0 Å². The number of hydrogen-bond donors (Lipinski definition) is 0. The largest absolute Gasteiger partial charge is 0.333 e. The van der Waals surface area contributed by atoms with E-state index in [1.165, 1.54) is 60.8 Å². The highest BCUT2D eigenvalue weighted by Gasteiger charge is 2.35. The monoisotopic (exact) mass is 650 g/mol. The number of benzene rings is 5. The highest BCUT2D eigenvalue weighted by atomic mass is 32.2. The summed E-state index contributed by atoms with van der Waals surface area (Å²) in [6.45, 7) is 7.68. The molecule has 0 radical (unpaired) electrons. The highest BCUT2D eigenvalue weighted by Crippen LogP contribution is 2.50. The Bertz CT molecular complexity index is 2130. The molecule has 2 atom stereocenters. The second kappa shape index (κ2) is 13.6. The zero-order valence-corrected chi connectivity index (χ0v) is 28.3. The molecule has 0 bridgehead atoms. The van der Waals surface area contributed by atoms with Crippen LogP contribution in [0.2, 0.25) is 0 Å². The Morgan fingerprint density at radius 3 is 2.16 bits per heavy atom. The SMILES string of the molecule is C=CCC(C=C)=Nc1ccc(-c2ccc(N3c4ccc(-c5ccc(C6=CCC(c7ccccc7)S6)cc5)cc4C4=CC=CCC43)cc2)cc1. The second-order valence-electron chi connectivity index (χ2n) is 12.7. The van der Waals surface area contributed by atoms with Gasteiger partial charge in [-0.25, -0.2) is 0 Å². The van der Waals surface area contributed by atoms with E-state index in [1.807, 2.05) is 17.8 Å². The third-order valence-electron chi connectivity index (χ3n) is 9.68. The fourth-order valence-electron chi connectivity index (χ4n) is 7.15. The maximum atomic E-state index is 4.69. The van der Waals surface area contributed by atoms with Gasteiger partial charge in [-0.15, -0.1) is 18.3 Å². The first kappa shape index (κ1) is 30.9. The summed E-state index contributed by atoms with van der Waals surface area (Å²) in [7, 11) is 0. The standard InChI is InChI=1S/C46H38N2S/c1-3-10-38(4-2)47-39-24-19-32(20-25-39)33-21-26-40(27-22-33)48-43-14-9-8-13-41(43)42-31-37(23-28-44(42)48)34-15-17-36(18-16-34)46-30-29-45(49-46)35-11-6-5-7-12-35/h3-9,11-13,15-28,30-31,43,45H,1-2,10,14,29H2. The molecule has 0 spiro atoms. The first-order chi connectivity index (χ1) is 24.2. The van der Waals surface area contributed by atoms with Gasteiger partial charge in [-0.3, -0.25) is 4.99 Å². The van der Waals surface area contributed by atoms with E-state index < -0.39 is 0 Å². The molecule has 0 N–H and O–H groups in total. The average molecular weight is 651 g/mol. The Balaban J connectivity index is 1.02. The minimum Gasteiger partial charge on any atom is -0.333 e. The van der Waals surface area contributed by atoms with Crippen LogP contribution in [0.3, 0.4) is 0 Å². The van der Waals surface area contributed by atoms with Crippen LogP contribution in [0, 0.1) is 0 Å². The lowest BCUT2D eigenvalue weighted by Crippen LogP contribution is -2.26. The lowest BCUT2D eigenvalue weighted by Gasteiger charge is -2.28. The van der Waals surface area contributed by atoms with E-state index in [1.54, 1.807) is 6.08 Å². The lowest BCUT2D eigenvalue weighted by molar-refractivity contribution is 0.829. The van der Waals surface area contributed by atoms with Gasteiger partial charge in [0.05, 0.1) is 11.7 Å². The Morgan fingerprint density at radius 1 is 0.755 bits per heavy atom. The van der Waals surface area contributed by atoms with Crippen molar-refractivity contribution in [3.63, 3.8) is 0 Å². The van der Waals surface area contributed by atoms with Crippen LogP contribution in [0.5, 0.6) is 0 Å². The van der Waals surface area contributed by atoms with Gasteiger partial charge in [0.2, 0.25) is 0 Å². The number of thioether (sulfide) groups is 1. The molecule has 0 saturated heterocycles. The fraction of sp³-hybridized carbons (Fsp3) is 0.109. The lowest BCUT2D eigenvalue weighted by atomic mass is 9.93. The third-order valence-corrected chi connectivity index (χ3v) is 11.1. The molecule has 0 amide bonds. The molecule has 5 aromatic carbocycles. The highest BCUT2D eigenvalue weighted by molar-refractivity contribution is 8.08. The van der Waals surface area contributed by atoms with Crippen LogP contribution in [0.1, 0.15) is 41.2 Å². The topological polar surface area (TPSA) is 15.6 Å². The first-order valence-electron chi connectivity index (χ1n) is 17.0. The van der Waals surface area contributed by atoms with Gasteiger partial charge in [-0.1, -0.05) is 122 Å². The number of allylic oxidation sites excluding steroid dienone is 5. The predicted octanol–water partition coefficient (Wildman–Crippen LogP) is 12.9. The van der Waals surface area contributed by atoms with E-state index in [0.29, 0.717) is 17.7 Å². The van der Waals surface area contributed by atoms with Crippen LogP contribution in [0.15, 0.2) is 176 Å². The Labute approximate surface area is 294 Å². The first-order valence-corrected chi connectivity index (χ1v) is 17.9. The number of hydrogen-bond acceptors (Lipinski definition) is 3. The van der Waals surface area contributed by atoms with E-state index in [4.69, 9.17) is 4.99 Å². The smallest absolute Gasteiger partial charge is 0.0633 e. The molecule has 0 saturated carbocycles. The Kier molecular flexibility index (Phi) is 8.60. The number of rotatable bonds is 9. The molecule has 238 valence electrons. The van der Waals surface area contributed by atoms with Crippen molar-refractivity contribution < 1.29 is 0 Å². The van der Waals surface area contributed by atoms with Crippen molar-refractivity contribution >= 4 is 45.0 Å². The van der Waals surface area contributed by atoms with Gasteiger partial charge in [0.15, 0.2) is 0 Å². The summed E-state index contributed by atoms with van der Waals surface area (Å²) >= 11 is 1.98. The average Bonchev–Trinajstić information content (AvgIpc) is 3.79. The van der Waals surface area contributed by atoms with Crippen molar-refractivity contribution in [3.8, 4) is 22.3 Å². The quantitative estimate of drug-likeness (QED) is 0.117. The molecule has 5 aromatic rings. The summed E-state index contributed by atoms with van der Waals surface area (Å²) in [5.74, 6) is 0. The van der Waals surface area contributed by atoms with Gasteiger partial charge < -0.3 is 4.90 Å². The molecule has 2 unspecified atom stereocenters. The molecule has 2 aliphatic heterocycles. The molecule has 3 aliphatic rings. The summed E-state index contributed by atoms with van der Waals surface area (Å²) in [5, 5.41) is 0.503. The zero-order chi connectivity index (χ0) is 33.2. The van der Waals surface area contributed by atoms with E-state index in [2.05, 4.69) is 164 Å². The van der Waals surface area contributed by atoms with Crippen LogP contribution in [0.4, 0.5) is 17.1 Å².